The minimum Gasteiger partial charge on any atom is -0.481 e. The van der Waals surface area contributed by atoms with E-state index in [2.05, 4.69) is 5.32 Å². The molecule has 7 nitrogen and oxygen atoms in total. The summed E-state index contributed by atoms with van der Waals surface area (Å²) in [5.74, 6) is -1.41. The molecule has 1 aromatic carbocycles. The molecule has 7 heteroatoms. The fourth-order valence-corrected chi connectivity index (χ4v) is 2.82. The third kappa shape index (κ3) is 5.84. The molecule has 1 aromatic rings. The molecule has 0 radical (unpaired) electrons. The Kier molecular flexibility index (Phi) is 7.15. The molecule has 0 atom stereocenters. The van der Waals surface area contributed by atoms with Crippen LogP contribution in [0.2, 0.25) is 0 Å². The van der Waals surface area contributed by atoms with Gasteiger partial charge in [-0.2, -0.15) is 0 Å². The van der Waals surface area contributed by atoms with Crippen molar-refractivity contribution in [2.75, 3.05) is 25.0 Å². The maximum atomic E-state index is 12.5. The summed E-state index contributed by atoms with van der Waals surface area (Å²) in [5, 5.41) is 11.8. The zero-order valence-corrected chi connectivity index (χ0v) is 15.2. The second kappa shape index (κ2) is 9.33. The highest BCUT2D eigenvalue weighted by molar-refractivity contribution is 5.96. The Morgan fingerprint density at radius 2 is 1.81 bits per heavy atom. The molecular weight excluding hydrogens is 336 g/mol. The van der Waals surface area contributed by atoms with Crippen molar-refractivity contribution in [3.8, 4) is 0 Å². The molecule has 1 heterocycles. The number of hydrogen-bond acceptors (Lipinski definition) is 4. The van der Waals surface area contributed by atoms with E-state index in [1.807, 2.05) is 13.8 Å². The smallest absolute Gasteiger partial charge is 0.306 e. The van der Waals surface area contributed by atoms with Gasteiger partial charge in [-0.1, -0.05) is 0 Å². The zero-order chi connectivity index (χ0) is 19.1. The van der Waals surface area contributed by atoms with Gasteiger partial charge in [0.05, 0.1) is 25.0 Å². The van der Waals surface area contributed by atoms with Crippen LogP contribution < -0.4 is 5.32 Å². The van der Waals surface area contributed by atoms with Crippen LogP contribution in [0.3, 0.4) is 0 Å². The molecule has 1 fully saturated rings. The van der Waals surface area contributed by atoms with Crippen LogP contribution in [-0.2, 0) is 14.3 Å². The summed E-state index contributed by atoms with van der Waals surface area (Å²) in [4.78, 5) is 37.0. The van der Waals surface area contributed by atoms with Crippen LogP contribution in [0.1, 0.15) is 43.5 Å². The molecule has 26 heavy (non-hydrogen) atoms. The number of piperidine rings is 1. The van der Waals surface area contributed by atoms with Crippen molar-refractivity contribution in [2.45, 2.75) is 39.2 Å². The van der Waals surface area contributed by atoms with Gasteiger partial charge in [0.1, 0.15) is 0 Å². The van der Waals surface area contributed by atoms with Crippen molar-refractivity contribution in [3.05, 3.63) is 29.8 Å². The number of hydrogen-bond donors (Lipinski definition) is 2. The first-order chi connectivity index (χ1) is 12.4. The van der Waals surface area contributed by atoms with Gasteiger partial charge in [0.2, 0.25) is 5.91 Å². The Labute approximate surface area is 153 Å². The molecule has 1 aliphatic rings. The minimum atomic E-state index is -0.795. The van der Waals surface area contributed by atoms with Gasteiger partial charge in [-0.15, -0.1) is 0 Å². The number of carbonyl (C=O) groups is 3. The van der Waals surface area contributed by atoms with Crippen LogP contribution >= 0.6 is 0 Å². The number of benzene rings is 1. The van der Waals surface area contributed by atoms with Crippen molar-refractivity contribution < 1.29 is 24.2 Å². The number of nitrogens with one attached hydrogen (secondary N) is 1. The summed E-state index contributed by atoms with van der Waals surface area (Å²) >= 11 is 0. The van der Waals surface area contributed by atoms with Gasteiger partial charge in [-0.3, -0.25) is 14.4 Å². The molecular formula is C19H26N2O5. The number of likely N-dealkylation sites (tertiary alicyclic amines) is 1. The number of ether oxygens (including phenoxy) is 1. The number of amides is 2. The predicted molar refractivity (Wildman–Crippen MR) is 97.0 cm³/mol. The molecule has 0 bridgehead atoms. The first-order valence-electron chi connectivity index (χ1n) is 8.90. The van der Waals surface area contributed by atoms with E-state index < -0.39 is 5.97 Å². The fourth-order valence-electron chi connectivity index (χ4n) is 2.82. The van der Waals surface area contributed by atoms with E-state index in [0.717, 1.165) is 0 Å². The van der Waals surface area contributed by atoms with Gasteiger partial charge < -0.3 is 20.1 Å². The largest absolute Gasteiger partial charge is 0.481 e. The number of carbonyl (C=O) groups excluding carboxylic acids is 2. The quantitative estimate of drug-likeness (QED) is 0.776. The molecule has 1 aliphatic heterocycles. The average molecular weight is 362 g/mol. The summed E-state index contributed by atoms with van der Waals surface area (Å²) in [6.45, 7) is 5.09. The second-order valence-corrected chi connectivity index (χ2v) is 6.70. The van der Waals surface area contributed by atoms with E-state index >= 15 is 0 Å². The lowest BCUT2D eigenvalue weighted by molar-refractivity contribution is -0.143. The van der Waals surface area contributed by atoms with Crippen molar-refractivity contribution in [1.29, 1.82) is 0 Å². The summed E-state index contributed by atoms with van der Waals surface area (Å²) in [7, 11) is 0. The van der Waals surface area contributed by atoms with Gasteiger partial charge in [0.25, 0.3) is 5.91 Å². The SMILES string of the molecule is CC(C)OCCC(=O)Nc1ccc(C(=O)N2CCC(C(=O)O)CC2)cc1. The minimum absolute atomic E-state index is 0.0914. The second-order valence-electron chi connectivity index (χ2n) is 6.70. The van der Waals surface area contributed by atoms with Crippen LogP contribution in [0.15, 0.2) is 24.3 Å². The van der Waals surface area contributed by atoms with Crippen LogP contribution in [0.25, 0.3) is 0 Å². The number of anilines is 1. The van der Waals surface area contributed by atoms with Crippen LogP contribution in [0.4, 0.5) is 5.69 Å². The molecule has 0 unspecified atom stereocenters. The normalized spacial score (nSPS) is 15.1. The van der Waals surface area contributed by atoms with Crippen molar-refractivity contribution in [1.82, 2.24) is 4.90 Å². The van der Waals surface area contributed by atoms with Crippen molar-refractivity contribution >= 4 is 23.5 Å². The van der Waals surface area contributed by atoms with E-state index in [-0.39, 0.29) is 30.3 Å². The molecule has 0 spiro atoms. The monoisotopic (exact) mass is 362 g/mol. The Morgan fingerprint density at radius 3 is 2.35 bits per heavy atom. The molecule has 1 saturated heterocycles. The van der Waals surface area contributed by atoms with Gasteiger partial charge in [-0.05, 0) is 51.0 Å². The first kappa shape index (κ1) is 19.9. The maximum Gasteiger partial charge on any atom is 0.306 e. The van der Waals surface area contributed by atoms with Crippen molar-refractivity contribution in [2.24, 2.45) is 5.92 Å². The molecule has 2 N–H and O–H groups in total. The highest BCUT2D eigenvalue weighted by Gasteiger charge is 2.27. The lowest BCUT2D eigenvalue weighted by Gasteiger charge is -2.30. The average Bonchev–Trinajstić information content (AvgIpc) is 2.61. The van der Waals surface area contributed by atoms with Gasteiger partial charge in [0, 0.05) is 24.3 Å². The summed E-state index contributed by atoms with van der Waals surface area (Å²) < 4.78 is 5.34. The standard InChI is InChI=1S/C19H26N2O5/c1-13(2)26-12-9-17(22)20-16-5-3-14(4-6-16)18(23)21-10-7-15(8-11-21)19(24)25/h3-6,13,15H,7-12H2,1-2H3,(H,20,22)(H,24,25). The summed E-state index contributed by atoms with van der Waals surface area (Å²) in [6.07, 6.45) is 1.33. The fraction of sp³-hybridized carbons (Fsp3) is 0.526. The number of rotatable bonds is 7. The van der Waals surface area contributed by atoms with Gasteiger partial charge >= 0.3 is 5.97 Å². The van der Waals surface area contributed by atoms with Gasteiger partial charge in [0.15, 0.2) is 0 Å². The third-order valence-electron chi connectivity index (χ3n) is 4.33. The molecule has 0 saturated carbocycles. The zero-order valence-electron chi connectivity index (χ0n) is 15.2. The maximum absolute atomic E-state index is 12.5. The molecule has 0 aliphatic carbocycles. The van der Waals surface area contributed by atoms with Crippen LogP contribution in [-0.4, -0.2) is 53.6 Å². The number of aliphatic carboxylic acids is 1. The van der Waals surface area contributed by atoms with Crippen LogP contribution in [0, 0.1) is 5.92 Å². The Balaban J connectivity index is 1.84. The third-order valence-corrected chi connectivity index (χ3v) is 4.33. The Bertz CT molecular complexity index is 634. The van der Waals surface area contributed by atoms with Gasteiger partial charge in [-0.25, -0.2) is 0 Å². The highest BCUT2D eigenvalue weighted by atomic mass is 16.5. The van der Waals surface area contributed by atoms with E-state index in [1.54, 1.807) is 29.2 Å². The molecule has 2 rings (SSSR count). The van der Waals surface area contributed by atoms with E-state index in [4.69, 9.17) is 9.84 Å². The summed E-state index contributed by atoms with van der Waals surface area (Å²) in [5.41, 5.74) is 1.15. The predicted octanol–water partition coefficient (Wildman–Crippen LogP) is 2.38. The summed E-state index contributed by atoms with van der Waals surface area (Å²) in [6, 6.07) is 6.73. The lowest BCUT2D eigenvalue weighted by Crippen LogP contribution is -2.40. The highest BCUT2D eigenvalue weighted by Crippen LogP contribution is 2.20. The number of carboxylic acids is 1. The number of carboxylic acid groups (broad SMARTS) is 1. The van der Waals surface area contributed by atoms with E-state index in [9.17, 15) is 14.4 Å². The van der Waals surface area contributed by atoms with E-state index in [1.165, 1.54) is 0 Å². The topological polar surface area (TPSA) is 95.9 Å². The molecule has 142 valence electrons. The number of nitrogens with zero attached hydrogens (tertiary/aromatic N) is 1. The Morgan fingerprint density at radius 1 is 1.19 bits per heavy atom. The van der Waals surface area contributed by atoms with Crippen LogP contribution in [0.5, 0.6) is 0 Å². The Hall–Kier alpha value is -2.41. The molecule has 0 aromatic heterocycles. The van der Waals surface area contributed by atoms with E-state index in [0.29, 0.717) is 43.8 Å². The first-order valence-corrected chi connectivity index (χ1v) is 8.90. The van der Waals surface area contributed by atoms with Crippen molar-refractivity contribution in [3.63, 3.8) is 0 Å². The molecule has 2 amide bonds. The lowest BCUT2D eigenvalue weighted by atomic mass is 9.96.